The smallest absolute Gasteiger partial charge is 0.221 e. The van der Waals surface area contributed by atoms with Gasteiger partial charge in [0, 0.05) is 28.9 Å². The summed E-state index contributed by atoms with van der Waals surface area (Å²) < 4.78 is 5.66. The Labute approximate surface area is 111 Å². The Hall–Kier alpha value is -1.65. The Bertz CT molecular complexity index is 546. The summed E-state index contributed by atoms with van der Waals surface area (Å²) in [6, 6.07) is 7.54. The van der Waals surface area contributed by atoms with Gasteiger partial charge in [-0.3, -0.25) is 0 Å². The first-order valence-electron chi connectivity index (χ1n) is 5.59. The minimum Gasteiger partial charge on any atom is -0.472 e. The van der Waals surface area contributed by atoms with Crippen molar-refractivity contribution in [1.82, 2.24) is 9.97 Å². The van der Waals surface area contributed by atoms with Gasteiger partial charge in [0.15, 0.2) is 0 Å². The minimum absolute atomic E-state index is 0.345. The van der Waals surface area contributed by atoms with Gasteiger partial charge in [-0.05, 0) is 13.0 Å². The second-order valence-corrected chi connectivity index (χ2v) is 4.24. The minimum atomic E-state index is 0.345. The summed E-state index contributed by atoms with van der Waals surface area (Å²) in [6.45, 7) is 2.52. The molecule has 0 radical (unpaired) electrons. The molecule has 2 N–H and O–H groups in total. The van der Waals surface area contributed by atoms with Gasteiger partial charge >= 0.3 is 0 Å². The summed E-state index contributed by atoms with van der Waals surface area (Å²) in [4.78, 5) is 8.32. The van der Waals surface area contributed by atoms with Gasteiger partial charge in [-0.25, -0.2) is 4.98 Å². The Morgan fingerprint density at radius 2 is 2.06 bits per heavy atom. The Kier molecular flexibility index (Phi) is 4.12. The zero-order chi connectivity index (χ0) is 13.0. The third kappa shape index (κ3) is 2.97. The maximum Gasteiger partial charge on any atom is 0.221 e. The first kappa shape index (κ1) is 12.8. The van der Waals surface area contributed by atoms with Gasteiger partial charge < -0.3 is 10.5 Å². The van der Waals surface area contributed by atoms with Gasteiger partial charge in [-0.1, -0.05) is 29.8 Å². The van der Waals surface area contributed by atoms with Crippen molar-refractivity contribution in [3.05, 3.63) is 52.4 Å². The van der Waals surface area contributed by atoms with E-state index in [2.05, 4.69) is 9.97 Å². The molecule has 1 aromatic heterocycles. The van der Waals surface area contributed by atoms with E-state index in [0.29, 0.717) is 29.9 Å². The van der Waals surface area contributed by atoms with Crippen molar-refractivity contribution in [2.75, 3.05) is 0 Å². The van der Waals surface area contributed by atoms with Gasteiger partial charge in [-0.2, -0.15) is 4.98 Å². The van der Waals surface area contributed by atoms with Crippen LogP contribution in [0.4, 0.5) is 0 Å². The van der Waals surface area contributed by atoms with Crippen LogP contribution < -0.4 is 10.5 Å². The number of ether oxygens (including phenoxy) is 1. The fraction of sp³-hybridized carbons (Fsp3) is 0.231. The molecule has 5 heteroatoms. The molecule has 2 rings (SSSR count). The van der Waals surface area contributed by atoms with Crippen molar-refractivity contribution in [3.8, 4) is 5.88 Å². The van der Waals surface area contributed by atoms with Crippen LogP contribution >= 0.6 is 11.6 Å². The largest absolute Gasteiger partial charge is 0.472 e. The fourth-order valence-electron chi connectivity index (χ4n) is 1.50. The van der Waals surface area contributed by atoms with Crippen molar-refractivity contribution in [2.24, 2.45) is 5.73 Å². The molecule has 0 spiro atoms. The molecule has 4 nitrogen and oxygen atoms in total. The van der Waals surface area contributed by atoms with Crippen molar-refractivity contribution < 1.29 is 4.74 Å². The number of hydrogen-bond donors (Lipinski definition) is 1. The lowest BCUT2D eigenvalue weighted by atomic mass is 10.2. The zero-order valence-corrected chi connectivity index (χ0v) is 10.8. The highest BCUT2D eigenvalue weighted by molar-refractivity contribution is 6.31. The van der Waals surface area contributed by atoms with Crippen LogP contribution in [0.1, 0.15) is 17.0 Å². The SMILES string of the molecule is Cc1ncc(CN)c(OCc2ccccc2Cl)n1. The molecular formula is C13H14ClN3O. The monoisotopic (exact) mass is 263 g/mol. The standard InChI is InChI=1S/C13H14ClN3O/c1-9-16-7-11(6-15)13(17-9)18-8-10-4-2-3-5-12(10)14/h2-5,7H,6,8,15H2,1H3. The van der Waals surface area contributed by atoms with E-state index >= 15 is 0 Å². The van der Waals surface area contributed by atoms with Gasteiger partial charge in [0.05, 0.1) is 0 Å². The van der Waals surface area contributed by atoms with E-state index in [1.807, 2.05) is 31.2 Å². The Balaban J connectivity index is 2.15. The number of hydrogen-bond acceptors (Lipinski definition) is 4. The number of benzene rings is 1. The number of nitrogens with zero attached hydrogens (tertiary/aromatic N) is 2. The molecule has 0 saturated carbocycles. The molecule has 0 saturated heterocycles. The first-order valence-corrected chi connectivity index (χ1v) is 5.97. The Morgan fingerprint density at radius 1 is 1.28 bits per heavy atom. The topological polar surface area (TPSA) is 61.0 Å². The predicted octanol–water partition coefficient (Wildman–Crippen LogP) is 2.48. The molecule has 18 heavy (non-hydrogen) atoms. The fourth-order valence-corrected chi connectivity index (χ4v) is 1.69. The summed E-state index contributed by atoms with van der Waals surface area (Å²) in [5, 5.41) is 0.678. The van der Waals surface area contributed by atoms with Crippen molar-refractivity contribution in [1.29, 1.82) is 0 Å². The summed E-state index contributed by atoms with van der Waals surface area (Å²) >= 11 is 6.06. The van der Waals surface area contributed by atoms with Crippen LogP contribution in [0.25, 0.3) is 0 Å². The molecule has 0 aliphatic rings. The molecular weight excluding hydrogens is 250 g/mol. The van der Waals surface area contributed by atoms with E-state index in [-0.39, 0.29) is 0 Å². The lowest BCUT2D eigenvalue weighted by Crippen LogP contribution is -2.06. The normalized spacial score (nSPS) is 10.4. The zero-order valence-electron chi connectivity index (χ0n) is 10.1. The molecule has 0 unspecified atom stereocenters. The molecule has 1 heterocycles. The van der Waals surface area contributed by atoms with Gasteiger partial charge in [0.1, 0.15) is 12.4 Å². The van der Waals surface area contributed by atoms with Crippen molar-refractivity contribution in [3.63, 3.8) is 0 Å². The second kappa shape index (κ2) is 5.80. The van der Waals surface area contributed by atoms with Crippen LogP contribution in [-0.4, -0.2) is 9.97 Å². The quantitative estimate of drug-likeness (QED) is 0.921. The van der Waals surface area contributed by atoms with Gasteiger partial charge in [0.2, 0.25) is 5.88 Å². The number of aromatic nitrogens is 2. The van der Waals surface area contributed by atoms with Crippen LogP contribution in [0, 0.1) is 6.92 Å². The lowest BCUT2D eigenvalue weighted by Gasteiger charge is -2.10. The van der Waals surface area contributed by atoms with Gasteiger partial charge in [0.25, 0.3) is 0 Å². The second-order valence-electron chi connectivity index (χ2n) is 3.83. The maximum atomic E-state index is 6.06. The van der Waals surface area contributed by atoms with E-state index in [4.69, 9.17) is 22.1 Å². The summed E-state index contributed by atoms with van der Waals surface area (Å²) in [5.74, 6) is 1.17. The lowest BCUT2D eigenvalue weighted by molar-refractivity contribution is 0.289. The van der Waals surface area contributed by atoms with E-state index < -0.39 is 0 Å². The number of nitrogens with two attached hydrogens (primary N) is 1. The predicted molar refractivity (Wildman–Crippen MR) is 70.4 cm³/mol. The highest BCUT2D eigenvalue weighted by atomic mass is 35.5. The Morgan fingerprint density at radius 3 is 2.78 bits per heavy atom. The third-order valence-electron chi connectivity index (χ3n) is 2.49. The molecule has 0 aliphatic heterocycles. The molecule has 1 aromatic carbocycles. The van der Waals surface area contributed by atoms with E-state index in [1.54, 1.807) is 6.20 Å². The van der Waals surface area contributed by atoms with Gasteiger partial charge in [-0.15, -0.1) is 0 Å². The summed E-state index contributed by atoms with van der Waals surface area (Å²) in [7, 11) is 0. The van der Waals surface area contributed by atoms with Crippen LogP contribution in [0.2, 0.25) is 5.02 Å². The average molecular weight is 264 g/mol. The molecule has 0 amide bonds. The molecule has 0 aliphatic carbocycles. The molecule has 0 bridgehead atoms. The number of rotatable bonds is 4. The molecule has 94 valence electrons. The summed E-state index contributed by atoms with van der Waals surface area (Å²) in [5.41, 5.74) is 7.31. The van der Waals surface area contributed by atoms with Crippen LogP contribution in [0.5, 0.6) is 5.88 Å². The average Bonchev–Trinajstić information content (AvgIpc) is 2.38. The summed E-state index contributed by atoms with van der Waals surface area (Å²) in [6.07, 6.45) is 1.68. The molecule has 0 fully saturated rings. The molecule has 0 atom stereocenters. The van der Waals surface area contributed by atoms with Crippen LogP contribution in [0.3, 0.4) is 0 Å². The highest BCUT2D eigenvalue weighted by Gasteiger charge is 2.07. The van der Waals surface area contributed by atoms with Crippen LogP contribution in [-0.2, 0) is 13.2 Å². The maximum absolute atomic E-state index is 6.06. The highest BCUT2D eigenvalue weighted by Crippen LogP contribution is 2.19. The van der Waals surface area contributed by atoms with Crippen molar-refractivity contribution >= 4 is 11.6 Å². The number of aryl methyl sites for hydroxylation is 1. The third-order valence-corrected chi connectivity index (χ3v) is 2.86. The van der Waals surface area contributed by atoms with E-state index in [9.17, 15) is 0 Å². The number of halogens is 1. The van der Waals surface area contributed by atoms with Crippen LogP contribution in [0.15, 0.2) is 30.5 Å². The van der Waals surface area contributed by atoms with E-state index in [1.165, 1.54) is 0 Å². The first-order chi connectivity index (χ1) is 8.70. The van der Waals surface area contributed by atoms with E-state index in [0.717, 1.165) is 11.1 Å². The molecule has 2 aromatic rings. The van der Waals surface area contributed by atoms with Crippen molar-refractivity contribution in [2.45, 2.75) is 20.1 Å².